The van der Waals surface area contributed by atoms with Crippen LogP contribution in [-0.4, -0.2) is 18.0 Å². The molecule has 1 heterocycles. The van der Waals surface area contributed by atoms with Gasteiger partial charge in [-0.2, -0.15) is 0 Å². The van der Waals surface area contributed by atoms with Gasteiger partial charge in [-0.05, 0) is 65.6 Å². The van der Waals surface area contributed by atoms with Crippen molar-refractivity contribution >= 4 is 33.2 Å². The molecule has 2 aliphatic rings. The van der Waals surface area contributed by atoms with E-state index in [4.69, 9.17) is 5.73 Å². The molecular formula is C15H21BrN2OS. The molecule has 0 spiro atoms. The summed E-state index contributed by atoms with van der Waals surface area (Å²) in [7, 11) is 0. The average Bonchev–Trinajstić information content (AvgIpc) is 2.76. The molecule has 0 aromatic carbocycles. The molecule has 1 aromatic heterocycles. The first-order chi connectivity index (χ1) is 9.61. The number of amides is 1. The Kier molecular flexibility index (Phi) is 4.48. The Balaban J connectivity index is 1.60. The van der Waals surface area contributed by atoms with Gasteiger partial charge in [-0.15, -0.1) is 11.3 Å². The topological polar surface area (TPSA) is 55.1 Å². The van der Waals surface area contributed by atoms with Crippen LogP contribution in [0.15, 0.2) is 15.9 Å². The van der Waals surface area contributed by atoms with Crippen LogP contribution in [0.1, 0.15) is 37.0 Å². The summed E-state index contributed by atoms with van der Waals surface area (Å²) in [6, 6.07) is 4.72. The zero-order chi connectivity index (χ0) is 14.1. The minimum absolute atomic E-state index is 0.164. The first kappa shape index (κ1) is 14.5. The van der Waals surface area contributed by atoms with Crippen LogP contribution < -0.4 is 11.1 Å². The van der Waals surface area contributed by atoms with Crippen LogP contribution in [0, 0.1) is 11.8 Å². The lowest BCUT2D eigenvalue weighted by atomic mass is 9.67. The number of hydrogen-bond donors (Lipinski definition) is 2. The van der Waals surface area contributed by atoms with Crippen molar-refractivity contribution in [2.45, 2.75) is 50.6 Å². The maximum Gasteiger partial charge on any atom is 0.225 e. The molecule has 2 saturated carbocycles. The lowest BCUT2D eigenvalue weighted by Gasteiger charge is -2.45. The fourth-order valence-corrected chi connectivity index (χ4v) is 5.35. The zero-order valence-electron chi connectivity index (χ0n) is 11.5. The van der Waals surface area contributed by atoms with Crippen molar-refractivity contribution in [1.29, 1.82) is 0 Å². The number of rotatable bonds is 3. The van der Waals surface area contributed by atoms with Crippen molar-refractivity contribution in [3.8, 4) is 0 Å². The van der Waals surface area contributed by atoms with E-state index < -0.39 is 0 Å². The highest BCUT2D eigenvalue weighted by atomic mass is 79.9. The molecule has 0 saturated heterocycles. The predicted molar refractivity (Wildman–Crippen MR) is 85.7 cm³/mol. The van der Waals surface area contributed by atoms with Crippen LogP contribution in [0.4, 0.5) is 0 Å². The Hall–Kier alpha value is -0.390. The molecule has 3 rings (SSSR count). The number of nitrogens with one attached hydrogen (secondary N) is 1. The number of halogens is 1. The molecule has 0 radical (unpaired) electrons. The van der Waals surface area contributed by atoms with Crippen molar-refractivity contribution in [1.82, 2.24) is 5.32 Å². The second-order valence-electron chi connectivity index (χ2n) is 6.16. The first-order valence-corrected chi connectivity index (χ1v) is 9.02. The number of hydrogen-bond acceptors (Lipinski definition) is 3. The summed E-state index contributed by atoms with van der Waals surface area (Å²) in [6.07, 6.45) is 6.39. The molecule has 0 aliphatic heterocycles. The maximum atomic E-state index is 12.3. The Morgan fingerprint density at radius 3 is 2.65 bits per heavy atom. The summed E-state index contributed by atoms with van der Waals surface area (Å²) in [5.74, 6) is 1.35. The number of nitrogens with two attached hydrogens (primary N) is 1. The summed E-state index contributed by atoms with van der Waals surface area (Å²) in [4.78, 5) is 13.4. The summed E-state index contributed by atoms with van der Waals surface area (Å²) >= 11 is 5.08. The number of thiophene rings is 1. The van der Waals surface area contributed by atoms with Gasteiger partial charge in [0.1, 0.15) is 0 Å². The van der Waals surface area contributed by atoms with Gasteiger partial charge in [0.15, 0.2) is 0 Å². The third-order valence-electron chi connectivity index (χ3n) is 4.67. The van der Waals surface area contributed by atoms with Gasteiger partial charge in [0.2, 0.25) is 5.91 Å². The van der Waals surface area contributed by atoms with E-state index >= 15 is 0 Å². The smallest absolute Gasteiger partial charge is 0.225 e. The fourth-order valence-electron chi connectivity index (χ4n) is 3.87. The lowest BCUT2D eigenvalue weighted by molar-refractivity contribution is -0.122. The Morgan fingerprint density at radius 1 is 1.35 bits per heavy atom. The van der Waals surface area contributed by atoms with Crippen molar-refractivity contribution < 1.29 is 4.79 Å². The van der Waals surface area contributed by atoms with Gasteiger partial charge in [0.25, 0.3) is 0 Å². The van der Waals surface area contributed by atoms with Crippen LogP contribution in [0.3, 0.4) is 0 Å². The van der Waals surface area contributed by atoms with E-state index in [1.165, 1.54) is 19.3 Å². The van der Waals surface area contributed by atoms with Crippen molar-refractivity contribution in [2.24, 2.45) is 17.6 Å². The van der Waals surface area contributed by atoms with Gasteiger partial charge in [-0.25, -0.2) is 0 Å². The maximum absolute atomic E-state index is 12.3. The monoisotopic (exact) mass is 356 g/mol. The van der Waals surface area contributed by atoms with Crippen molar-refractivity contribution in [3.05, 3.63) is 20.8 Å². The third kappa shape index (κ3) is 3.26. The van der Waals surface area contributed by atoms with Crippen LogP contribution in [-0.2, 0) is 11.2 Å². The number of carbonyl (C=O) groups excluding carboxylic acids is 1. The van der Waals surface area contributed by atoms with Crippen LogP contribution >= 0.6 is 27.3 Å². The average molecular weight is 357 g/mol. The Bertz CT molecular complexity index is 476. The lowest BCUT2D eigenvalue weighted by Crippen LogP contribution is -2.53. The van der Waals surface area contributed by atoms with E-state index in [0.717, 1.165) is 21.5 Å². The van der Waals surface area contributed by atoms with Crippen LogP contribution in [0.25, 0.3) is 0 Å². The van der Waals surface area contributed by atoms with Gasteiger partial charge in [-0.1, -0.05) is 6.42 Å². The summed E-state index contributed by atoms with van der Waals surface area (Å²) < 4.78 is 1.08. The molecular weight excluding hydrogens is 336 g/mol. The predicted octanol–water partition coefficient (Wildman–Crippen LogP) is 3.08. The van der Waals surface area contributed by atoms with Crippen molar-refractivity contribution in [2.75, 3.05) is 0 Å². The molecule has 1 aromatic rings. The first-order valence-electron chi connectivity index (χ1n) is 7.41. The largest absolute Gasteiger partial charge is 0.352 e. The van der Waals surface area contributed by atoms with E-state index in [9.17, 15) is 4.79 Å². The minimum atomic E-state index is 0.164. The molecule has 2 atom stereocenters. The highest BCUT2D eigenvalue weighted by Crippen LogP contribution is 2.39. The van der Waals surface area contributed by atoms with E-state index in [-0.39, 0.29) is 5.91 Å². The van der Waals surface area contributed by atoms with Gasteiger partial charge in [0, 0.05) is 17.0 Å². The number of carbonyl (C=O) groups is 1. The van der Waals surface area contributed by atoms with Gasteiger partial charge in [-0.3, -0.25) is 4.79 Å². The molecule has 2 fully saturated rings. The van der Waals surface area contributed by atoms with Gasteiger partial charge in [0.05, 0.1) is 10.2 Å². The molecule has 1 amide bonds. The Labute approximate surface area is 132 Å². The molecule has 3 N–H and O–H groups in total. The molecule has 2 bridgehead atoms. The Morgan fingerprint density at radius 2 is 2.05 bits per heavy atom. The number of fused-ring (bicyclic) bond motifs is 2. The standard InChI is InChI=1S/C15H21BrN2OS/c16-13-5-4-12(20-13)8-14(19)18-15-9-2-1-3-10(15)7-11(17)6-9/h4-5,9-11,15H,1-3,6-8,17H2,(H,18,19). The molecule has 2 unspecified atom stereocenters. The van der Waals surface area contributed by atoms with Crippen LogP contribution in [0.5, 0.6) is 0 Å². The quantitative estimate of drug-likeness (QED) is 0.874. The molecule has 5 heteroatoms. The third-order valence-corrected chi connectivity index (χ3v) is 6.29. The molecule has 2 aliphatic carbocycles. The second kappa shape index (κ2) is 6.16. The van der Waals surface area contributed by atoms with Gasteiger partial charge < -0.3 is 11.1 Å². The second-order valence-corrected chi connectivity index (χ2v) is 8.71. The normalized spacial score (nSPS) is 32.9. The fraction of sp³-hybridized carbons (Fsp3) is 0.667. The van der Waals surface area contributed by atoms with E-state index in [1.807, 2.05) is 12.1 Å². The molecule has 110 valence electrons. The highest BCUT2D eigenvalue weighted by molar-refractivity contribution is 9.11. The minimum Gasteiger partial charge on any atom is -0.352 e. The van der Waals surface area contributed by atoms with Crippen molar-refractivity contribution in [3.63, 3.8) is 0 Å². The molecule has 3 nitrogen and oxygen atoms in total. The highest BCUT2D eigenvalue weighted by Gasteiger charge is 2.39. The summed E-state index contributed by atoms with van der Waals surface area (Å²) in [6.45, 7) is 0. The summed E-state index contributed by atoms with van der Waals surface area (Å²) in [5, 5.41) is 3.30. The zero-order valence-corrected chi connectivity index (χ0v) is 13.9. The van der Waals surface area contributed by atoms with Gasteiger partial charge >= 0.3 is 0 Å². The van der Waals surface area contributed by atoms with E-state index in [1.54, 1.807) is 11.3 Å². The van der Waals surface area contributed by atoms with E-state index in [0.29, 0.717) is 30.3 Å². The summed E-state index contributed by atoms with van der Waals surface area (Å²) in [5.41, 5.74) is 6.13. The SMILES string of the molecule is NC1CC2CCCC(C1)C2NC(=O)Cc1ccc(Br)s1. The van der Waals surface area contributed by atoms with E-state index in [2.05, 4.69) is 21.2 Å². The van der Waals surface area contributed by atoms with Crippen LogP contribution in [0.2, 0.25) is 0 Å². The molecule has 20 heavy (non-hydrogen) atoms.